The Morgan fingerprint density at radius 3 is 2.65 bits per heavy atom. The Hall–Kier alpha value is -1.57. The lowest BCUT2D eigenvalue weighted by atomic mass is 9.72. The van der Waals surface area contributed by atoms with Crippen LogP contribution in [0.15, 0.2) is 30.3 Å². The van der Waals surface area contributed by atoms with Gasteiger partial charge >= 0.3 is 0 Å². The molecule has 1 aliphatic carbocycles. The smallest absolute Gasteiger partial charge is 0.179 e. The molecular formula is C18H23NO. The number of para-hydroxylation sites is 1. The van der Waals surface area contributed by atoms with Gasteiger partial charge in [0.2, 0.25) is 0 Å². The topological polar surface area (TPSA) is 32.9 Å². The summed E-state index contributed by atoms with van der Waals surface area (Å²) >= 11 is 0. The fourth-order valence-electron chi connectivity index (χ4n) is 3.26. The number of nitrogens with one attached hydrogen (secondary N) is 1. The molecule has 0 atom stereocenters. The van der Waals surface area contributed by atoms with Gasteiger partial charge in [0.1, 0.15) is 0 Å². The number of Topliss-reactive ketones (excluding diaryl/α,β-unsaturated/α-hetero) is 1. The molecule has 1 aromatic carbocycles. The van der Waals surface area contributed by atoms with Gasteiger partial charge in [0.15, 0.2) is 5.78 Å². The highest BCUT2D eigenvalue weighted by molar-refractivity contribution is 5.99. The summed E-state index contributed by atoms with van der Waals surface area (Å²) in [5.41, 5.74) is 2.30. The van der Waals surface area contributed by atoms with Crippen LogP contribution >= 0.6 is 0 Å². The molecule has 1 saturated carbocycles. The Balaban J connectivity index is 1.67. The summed E-state index contributed by atoms with van der Waals surface area (Å²) in [6, 6.07) is 10.1. The van der Waals surface area contributed by atoms with Crippen molar-refractivity contribution in [3.8, 4) is 0 Å². The third kappa shape index (κ3) is 2.79. The minimum absolute atomic E-state index is 0.269. The summed E-state index contributed by atoms with van der Waals surface area (Å²) < 4.78 is 0. The standard InChI is InChI=1S/C18H23NO/c1-18(2)9-7-13(8-10-18)11-17(20)16-12-14-5-3-4-6-15(14)19-16/h3-6,12-13,19H,7-11H2,1-2H3. The van der Waals surface area contributed by atoms with Crippen molar-refractivity contribution in [1.29, 1.82) is 0 Å². The van der Waals surface area contributed by atoms with E-state index >= 15 is 0 Å². The number of aromatic amines is 1. The van der Waals surface area contributed by atoms with E-state index in [1.54, 1.807) is 0 Å². The molecule has 0 amide bonds. The molecule has 2 nitrogen and oxygen atoms in total. The maximum atomic E-state index is 12.4. The molecular weight excluding hydrogens is 246 g/mol. The average molecular weight is 269 g/mol. The lowest BCUT2D eigenvalue weighted by molar-refractivity contribution is 0.0921. The molecule has 1 aliphatic rings. The molecule has 1 heterocycles. The molecule has 2 aromatic rings. The number of rotatable bonds is 3. The van der Waals surface area contributed by atoms with Gasteiger partial charge in [-0.1, -0.05) is 32.0 Å². The molecule has 1 N–H and O–H groups in total. The number of benzene rings is 1. The van der Waals surface area contributed by atoms with E-state index < -0.39 is 0 Å². The van der Waals surface area contributed by atoms with Crippen molar-refractivity contribution in [2.24, 2.45) is 11.3 Å². The number of H-pyrrole nitrogens is 1. The Bertz CT molecular complexity index is 580. The van der Waals surface area contributed by atoms with E-state index in [0.717, 1.165) is 16.6 Å². The largest absolute Gasteiger partial charge is 0.352 e. The van der Waals surface area contributed by atoms with Gasteiger partial charge in [0, 0.05) is 17.3 Å². The number of hydrogen-bond acceptors (Lipinski definition) is 1. The third-order valence-electron chi connectivity index (χ3n) is 4.76. The fourth-order valence-corrected chi connectivity index (χ4v) is 3.26. The molecule has 0 aliphatic heterocycles. The van der Waals surface area contributed by atoms with Crippen LogP contribution in [0, 0.1) is 11.3 Å². The average Bonchev–Trinajstić information content (AvgIpc) is 2.85. The van der Waals surface area contributed by atoms with Gasteiger partial charge in [0.25, 0.3) is 0 Å². The third-order valence-corrected chi connectivity index (χ3v) is 4.76. The number of aromatic nitrogens is 1. The van der Waals surface area contributed by atoms with Crippen molar-refractivity contribution in [2.75, 3.05) is 0 Å². The zero-order valence-electron chi connectivity index (χ0n) is 12.4. The fraction of sp³-hybridized carbons (Fsp3) is 0.500. The summed E-state index contributed by atoms with van der Waals surface area (Å²) in [7, 11) is 0. The van der Waals surface area contributed by atoms with Gasteiger partial charge in [-0.15, -0.1) is 0 Å². The van der Waals surface area contributed by atoms with E-state index in [0.29, 0.717) is 17.8 Å². The van der Waals surface area contributed by atoms with Gasteiger partial charge < -0.3 is 4.98 Å². The molecule has 0 spiro atoms. The number of carbonyl (C=O) groups is 1. The quantitative estimate of drug-likeness (QED) is 0.785. The summed E-state index contributed by atoms with van der Waals surface area (Å²) in [6.07, 6.45) is 5.58. The highest BCUT2D eigenvalue weighted by Crippen LogP contribution is 2.39. The summed E-state index contributed by atoms with van der Waals surface area (Å²) in [5.74, 6) is 0.841. The van der Waals surface area contributed by atoms with E-state index in [1.165, 1.54) is 25.7 Å². The monoisotopic (exact) mass is 269 g/mol. The molecule has 2 heteroatoms. The molecule has 106 valence electrons. The summed E-state index contributed by atoms with van der Waals surface area (Å²) in [6.45, 7) is 4.67. The van der Waals surface area contributed by atoms with Crippen LogP contribution in [-0.4, -0.2) is 10.8 Å². The van der Waals surface area contributed by atoms with Gasteiger partial charge in [-0.2, -0.15) is 0 Å². The molecule has 20 heavy (non-hydrogen) atoms. The van der Waals surface area contributed by atoms with Crippen LogP contribution in [0.1, 0.15) is 56.4 Å². The normalized spacial score (nSPS) is 19.3. The van der Waals surface area contributed by atoms with E-state index in [-0.39, 0.29) is 5.78 Å². The van der Waals surface area contributed by atoms with Crippen LogP contribution in [0.2, 0.25) is 0 Å². The second-order valence-corrected chi connectivity index (χ2v) is 7.01. The first-order valence-electron chi connectivity index (χ1n) is 7.64. The maximum Gasteiger partial charge on any atom is 0.179 e. The van der Waals surface area contributed by atoms with Gasteiger partial charge in [0.05, 0.1) is 5.69 Å². The Kier molecular flexibility index (Phi) is 3.41. The minimum atomic E-state index is 0.269. The molecule has 0 saturated heterocycles. The Morgan fingerprint density at radius 1 is 1.25 bits per heavy atom. The van der Waals surface area contributed by atoms with E-state index in [2.05, 4.69) is 18.8 Å². The SMILES string of the molecule is CC1(C)CCC(CC(=O)c2cc3ccccc3[nH]2)CC1. The Morgan fingerprint density at radius 2 is 1.95 bits per heavy atom. The minimum Gasteiger partial charge on any atom is -0.352 e. The number of fused-ring (bicyclic) bond motifs is 1. The van der Waals surface area contributed by atoms with E-state index in [1.807, 2.05) is 30.3 Å². The zero-order chi connectivity index (χ0) is 14.2. The molecule has 0 radical (unpaired) electrons. The summed E-state index contributed by atoms with van der Waals surface area (Å²) in [5, 5.41) is 1.13. The second-order valence-electron chi connectivity index (χ2n) is 7.01. The molecule has 1 fully saturated rings. The van der Waals surface area contributed by atoms with Gasteiger partial charge in [-0.05, 0) is 49.1 Å². The van der Waals surface area contributed by atoms with Crippen LogP contribution in [0.25, 0.3) is 10.9 Å². The highest BCUT2D eigenvalue weighted by Gasteiger charge is 2.28. The molecule has 1 aromatic heterocycles. The van der Waals surface area contributed by atoms with Gasteiger partial charge in [-0.3, -0.25) is 4.79 Å². The molecule has 0 bridgehead atoms. The predicted octanol–water partition coefficient (Wildman–Crippen LogP) is 4.96. The zero-order valence-corrected chi connectivity index (χ0v) is 12.4. The predicted molar refractivity (Wildman–Crippen MR) is 83.0 cm³/mol. The second kappa shape index (κ2) is 5.08. The van der Waals surface area contributed by atoms with Crippen molar-refractivity contribution in [3.63, 3.8) is 0 Å². The van der Waals surface area contributed by atoms with Crippen molar-refractivity contribution in [3.05, 3.63) is 36.0 Å². The van der Waals surface area contributed by atoms with Crippen LogP contribution < -0.4 is 0 Å². The van der Waals surface area contributed by atoms with Crippen LogP contribution in [0.3, 0.4) is 0 Å². The lowest BCUT2D eigenvalue weighted by Crippen LogP contribution is -2.22. The molecule has 0 unspecified atom stereocenters. The van der Waals surface area contributed by atoms with Crippen molar-refractivity contribution in [1.82, 2.24) is 4.98 Å². The summed E-state index contributed by atoms with van der Waals surface area (Å²) in [4.78, 5) is 15.7. The Labute approximate surface area is 120 Å². The first-order valence-corrected chi connectivity index (χ1v) is 7.64. The van der Waals surface area contributed by atoms with Crippen LogP contribution in [-0.2, 0) is 0 Å². The highest BCUT2D eigenvalue weighted by atomic mass is 16.1. The van der Waals surface area contributed by atoms with Crippen molar-refractivity contribution in [2.45, 2.75) is 46.0 Å². The van der Waals surface area contributed by atoms with Crippen LogP contribution in [0.5, 0.6) is 0 Å². The molecule has 3 rings (SSSR count). The first kappa shape index (κ1) is 13.4. The number of carbonyl (C=O) groups excluding carboxylic acids is 1. The van der Waals surface area contributed by atoms with Gasteiger partial charge in [-0.25, -0.2) is 0 Å². The number of ketones is 1. The lowest BCUT2D eigenvalue weighted by Gasteiger charge is -2.33. The van der Waals surface area contributed by atoms with E-state index in [4.69, 9.17) is 0 Å². The first-order chi connectivity index (χ1) is 9.53. The van der Waals surface area contributed by atoms with Crippen molar-refractivity contribution >= 4 is 16.7 Å². The van der Waals surface area contributed by atoms with Crippen LogP contribution in [0.4, 0.5) is 0 Å². The van der Waals surface area contributed by atoms with Crippen molar-refractivity contribution < 1.29 is 4.79 Å². The number of hydrogen-bond donors (Lipinski definition) is 1. The van der Waals surface area contributed by atoms with E-state index in [9.17, 15) is 4.79 Å². The maximum absolute atomic E-state index is 12.4.